The molecule has 0 aromatic heterocycles. The molecule has 1 aliphatic carbocycles. The van der Waals surface area contributed by atoms with E-state index < -0.39 is 0 Å². The van der Waals surface area contributed by atoms with E-state index in [-0.39, 0.29) is 0 Å². The van der Waals surface area contributed by atoms with Gasteiger partial charge in [0.1, 0.15) is 0 Å². The fourth-order valence-corrected chi connectivity index (χ4v) is 4.13. The van der Waals surface area contributed by atoms with E-state index >= 15 is 0 Å². The Hall–Kier alpha value is 0.140. The second-order valence-corrected chi connectivity index (χ2v) is 7.57. The molecule has 1 N–H and O–H groups in total. The van der Waals surface area contributed by atoms with Crippen molar-refractivity contribution in [2.75, 3.05) is 13.6 Å². The third-order valence-electron chi connectivity index (χ3n) is 4.50. The van der Waals surface area contributed by atoms with Gasteiger partial charge in [0.25, 0.3) is 0 Å². The summed E-state index contributed by atoms with van der Waals surface area (Å²) in [6, 6.07) is 6.50. The lowest BCUT2D eigenvalue weighted by molar-refractivity contribution is 0.247. The lowest BCUT2D eigenvalue weighted by Gasteiger charge is -2.29. The minimum absolute atomic E-state index is 0.588. The number of hydrogen-bond acceptors (Lipinski definition) is 1. The van der Waals surface area contributed by atoms with Crippen molar-refractivity contribution >= 4 is 31.9 Å². The predicted molar refractivity (Wildman–Crippen MR) is 89.6 cm³/mol. The second kappa shape index (κ2) is 7.24. The summed E-state index contributed by atoms with van der Waals surface area (Å²) < 4.78 is 2.43. The van der Waals surface area contributed by atoms with Crippen LogP contribution in [-0.2, 0) is 6.42 Å². The molecule has 1 aromatic carbocycles. The Morgan fingerprint density at radius 2 is 1.89 bits per heavy atom. The molecule has 0 amide bonds. The number of hydrogen-bond donors (Lipinski definition) is 1. The van der Waals surface area contributed by atoms with E-state index in [1.54, 1.807) is 0 Å². The molecular weight excluding hydrogens is 366 g/mol. The van der Waals surface area contributed by atoms with Crippen LogP contribution in [0.4, 0.5) is 0 Å². The Balaban J connectivity index is 2.00. The number of benzene rings is 1. The molecule has 0 atom stereocenters. The zero-order valence-corrected chi connectivity index (χ0v) is 14.8. The normalized spacial score (nSPS) is 17.8. The molecule has 1 aliphatic rings. The molecule has 0 bridgehead atoms. The maximum Gasteiger partial charge on any atom is 0.0208 e. The summed E-state index contributed by atoms with van der Waals surface area (Å²) in [6.45, 7) is 1.15. The SMILES string of the molecule is CNCCC1(CCc2cc(Br)ccc2Br)CCCC1. The van der Waals surface area contributed by atoms with E-state index in [9.17, 15) is 0 Å². The van der Waals surface area contributed by atoms with Crippen molar-refractivity contribution in [3.05, 3.63) is 32.7 Å². The van der Waals surface area contributed by atoms with Crippen molar-refractivity contribution in [1.29, 1.82) is 0 Å². The van der Waals surface area contributed by atoms with Gasteiger partial charge in [-0.3, -0.25) is 0 Å². The van der Waals surface area contributed by atoms with E-state index in [0.717, 1.165) is 6.54 Å². The summed E-state index contributed by atoms with van der Waals surface area (Å²) in [5.74, 6) is 0. The number of rotatable bonds is 6. The maximum atomic E-state index is 3.68. The van der Waals surface area contributed by atoms with Crippen LogP contribution in [0.3, 0.4) is 0 Å². The smallest absolute Gasteiger partial charge is 0.0208 e. The molecule has 0 radical (unpaired) electrons. The first-order valence-corrected chi connectivity index (χ1v) is 8.82. The molecule has 1 nitrogen and oxygen atoms in total. The van der Waals surface area contributed by atoms with E-state index in [1.165, 1.54) is 59.5 Å². The quantitative estimate of drug-likeness (QED) is 0.695. The molecule has 1 saturated carbocycles. The zero-order valence-electron chi connectivity index (χ0n) is 11.6. The standard InChI is InChI=1S/C16H23Br2N/c1-19-11-10-16(7-2-3-8-16)9-6-13-12-14(17)4-5-15(13)18/h4-5,12,19H,2-3,6-11H2,1H3. The summed E-state index contributed by atoms with van der Waals surface area (Å²) in [5.41, 5.74) is 2.02. The van der Waals surface area contributed by atoms with Crippen molar-refractivity contribution in [3.63, 3.8) is 0 Å². The molecule has 2 rings (SSSR count). The van der Waals surface area contributed by atoms with Crippen LogP contribution < -0.4 is 5.32 Å². The molecular formula is C16H23Br2N. The van der Waals surface area contributed by atoms with Crippen molar-refractivity contribution < 1.29 is 0 Å². The number of aryl methyl sites for hydroxylation is 1. The zero-order chi connectivity index (χ0) is 13.7. The molecule has 19 heavy (non-hydrogen) atoms. The van der Waals surface area contributed by atoms with E-state index in [1.807, 2.05) is 0 Å². The molecule has 0 unspecified atom stereocenters. The molecule has 106 valence electrons. The van der Waals surface area contributed by atoms with Gasteiger partial charge in [0.2, 0.25) is 0 Å². The van der Waals surface area contributed by atoms with Gasteiger partial charge in [0.15, 0.2) is 0 Å². The summed E-state index contributed by atoms with van der Waals surface area (Å²) in [6.07, 6.45) is 9.51. The van der Waals surface area contributed by atoms with Crippen LogP contribution in [0.1, 0.15) is 44.1 Å². The van der Waals surface area contributed by atoms with Crippen molar-refractivity contribution in [2.45, 2.75) is 44.9 Å². The topological polar surface area (TPSA) is 12.0 Å². The summed E-state index contributed by atoms with van der Waals surface area (Å²) in [4.78, 5) is 0. The lowest BCUT2D eigenvalue weighted by Crippen LogP contribution is -2.23. The van der Waals surface area contributed by atoms with Gasteiger partial charge in [0.05, 0.1) is 0 Å². The van der Waals surface area contributed by atoms with E-state index in [0.29, 0.717) is 5.41 Å². The Bertz CT molecular complexity index is 411. The Morgan fingerprint density at radius 3 is 2.58 bits per heavy atom. The Labute approximate surface area is 133 Å². The molecule has 1 aromatic rings. The lowest BCUT2D eigenvalue weighted by atomic mass is 9.77. The monoisotopic (exact) mass is 387 g/mol. The number of halogens is 2. The summed E-state index contributed by atoms with van der Waals surface area (Å²) in [7, 11) is 2.06. The minimum atomic E-state index is 0.588. The molecule has 1 fully saturated rings. The molecule has 0 spiro atoms. The van der Waals surface area contributed by atoms with Gasteiger partial charge in [-0.15, -0.1) is 0 Å². The van der Waals surface area contributed by atoms with Crippen LogP contribution in [0.2, 0.25) is 0 Å². The minimum Gasteiger partial charge on any atom is -0.320 e. The van der Waals surface area contributed by atoms with Crippen molar-refractivity contribution in [2.24, 2.45) is 5.41 Å². The van der Waals surface area contributed by atoms with Crippen LogP contribution in [0.15, 0.2) is 27.1 Å². The molecule has 3 heteroatoms. The first kappa shape index (κ1) is 15.5. The summed E-state index contributed by atoms with van der Waals surface area (Å²) in [5, 5.41) is 3.32. The highest BCUT2D eigenvalue weighted by atomic mass is 79.9. The largest absolute Gasteiger partial charge is 0.320 e. The van der Waals surface area contributed by atoms with E-state index in [4.69, 9.17) is 0 Å². The van der Waals surface area contributed by atoms with Gasteiger partial charge in [0, 0.05) is 8.95 Å². The average Bonchev–Trinajstić information content (AvgIpc) is 2.87. The third kappa shape index (κ3) is 4.30. The van der Waals surface area contributed by atoms with Gasteiger partial charge in [-0.25, -0.2) is 0 Å². The maximum absolute atomic E-state index is 3.68. The van der Waals surface area contributed by atoms with Crippen molar-refractivity contribution in [3.8, 4) is 0 Å². The second-order valence-electron chi connectivity index (χ2n) is 5.80. The Kier molecular flexibility index (Phi) is 5.91. The fourth-order valence-electron chi connectivity index (χ4n) is 3.27. The highest BCUT2D eigenvalue weighted by Gasteiger charge is 2.32. The van der Waals surface area contributed by atoms with Gasteiger partial charge < -0.3 is 5.32 Å². The first-order valence-electron chi connectivity index (χ1n) is 7.24. The summed E-state index contributed by atoms with van der Waals surface area (Å²) >= 11 is 7.25. The van der Waals surface area contributed by atoms with E-state index in [2.05, 4.69) is 62.4 Å². The Morgan fingerprint density at radius 1 is 1.16 bits per heavy atom. The molecule has 0 saturated heterocycles. The van der Waals surface area contributed by atoms with Gasteiger partial charge in [-0.2, -0.15) is 0 Å². The average molecular weight is 389 g/mol. The van der Waals surface area contributed by atoms with Crippen LogP contribution in [0.5, 0.6) is 0 Å². The predicted octanol–water partition coefficient (Wildman–Crippen LogP) is 5.31. The van der Waals surface area contributed by atoms with Gasteiger partial charge in [-0.05, 0) is 74.9 Å². The third-order valence-corrected chi connectivity index (χ3v) is 5.77. The fraction of sp³-hybridized carbons (Fsp3) is 0.625. The number of nitrogens with one attached hydrogen (secondary N) is 1. The van der Waals surface area contributed by atoms with Crippen LogP contribution >= 0.6 is 31.9 Å². The highest BCUT2D eigenvalue weighted by Crippen LogP contribution is 2.45. The van der Waals surface area contributed by atoms with Gasteiger partial charge >= 0.3 is 0 Å². The first-order chi connectivity index (χ1) is 9.15. The van der Waals surface area contributed by atoms with Crippen molar-refractivity contribution in [1.82, 2.24) is 5.32 Å². The highest BCUT2D eigenvalue weighted by molar-refractivity contribution is 9.11. The molecule has 0 heterocycles. The van der Waals surface area contributed by atoms with Crippen LogP contribution in [0.25, 0.3) is 0 Å². The van der Waals surface area contributed by atoms with Crippen LogP contribution in [-0.4, -0.2) is 13.6 Å². The van der Waals surface area contributed by atoms with Crippen LogP contribution in [0, 0.1) is 5.41 Å². The molecule has 0 aliphatic heterocycles. The van der Waals surface area contributed by atoms with Gasteiger partial charge in [-0.1, -0.05) is 44.7 Å².